The van der Waals surface area contributed by atoms with Crippen molar-refractivity contribution in [3.05, 3.63) is 59.2 Å². The maximum absolute atomic E-state index is 12.3. The normalized spacial score (nSPS) is 11.7. The summed E-state index contributed by atoms with van der Waals surface area (Å²) >= 11 is 0. The number of hydrogen-bond acceptors (Lipinski definition) is 4. The van der Waals surface area contributed by atoms with Crippen molar-refractivity contribution in [3.63, 3.8) is 0 Å². The number of benzene rings is 2. The molecule has 26 heavy (non-hydrogen) atoms. The maximum atomic E-state index is 12.3. The molecule has 2 aromatic carbocycles. The van der Waals surface area contributed by atoms with Crippen LogP contribution in [0.2, 0.25) is 0 Å². The van der Waals surface area contributed by atoms with Gasteiger partial charge in [0.15, 0.2) is 11.5 Å². The fourth-order valence-corrected chi connectivity index (χ4v) is 2.49. The van der Waals surface area contributed by atoms with E-state index in [-0.39, 0.29) is 5.91 Å². The molecule has 0 aliphatic rings. The van der Waals surface area contributed by atoms with E-state index in [4.69, 9.17) is 15.2 Å². The van der Waals surface area contributed by atoms with Crippen LogP contribution in [-0.2, 0) is 11.3 Å². The first-order valence-electron chi connectivity index (χ1n) is 8.94. The second kappa shape index (κ2) is 9.82. The molecule has 0 saturated heterocycles. The predicted octanol–water partition coefficient (Wildman–Crippen LogP) is 3.50. The Balaban J connectivity index is 1.95. The minimum atomic E-state index is -0.686. The van der Waals surface area contributed by atoms with Gasteiger partial charge in [0.25, 0.3) is 0 Å². The van der Waals surface area contributed by atoms with E-state index in [9.17, 15) is 4.79 Å². The van der Waals surface area contributed by atoms with Gasteiger partial charge in [-0.15, -0.1) is 0 Å². The number of amides is 1. The largest absolute Gasteiger partial charge is 0.493 e. The molecule has 0 aromatic heterocycles. The Morgan fingerprint density at radius 1 is 1.15 bits per heavy atom. The summed E-state index contributed by atoms with van der Waals surface area (Å²) in [6.07, 6.45) is 2.07. The number of hydrogen-bond donors (Lipinski definition) is 2. The van der Waals surface area contributed by atoms with Crippen molar-refractivity contribution in [2.45, 2.75) is 39.3 Å². The number of ether oxygens (including phenoxy) is 2. The molecule has 0 aliphatic heterocycles. The highest BCUT2D eigenvalue weighted by molar-refractivity contribution is 5.82. The number of aryl methyl sites for hydroxylation is 1. The molecule has 0 saturated carbocycles. The minimum absolute atomic E-state index is 0.212. The zero-order valence-corrected chi connectivity index (χ0v) is 15.7. The minimum Gasteiger partial charge on any atom is -0.493 e. The number of rotatable bonds is 9. The van der Waals surface area contributed by atoms with Gasteiger partial charge >= 0.3 is 0 Å². The van der Waals surface area contributed by atoms with Crippen LogP contribution in [0.4, 0.5) is 0 Å². The molecule has 0 radical (unpaired) electrons. The van der Waals surface area contributed by atoms with Crippen molar-refractivity contribution in [3.8, 4) is 11.5 Å². The monoisotopic (exact) mass is 356 g/mol. The molecule has 3 N–H and O–H groups in total. The lowest BCUT2D eigenvalue weighted by atomic mass is 10.1. The number of carbonyl (C=O) groups excluding carboxylic acids is 1. The van der Waals surface area contributed by atoms with E-state index in [2.05, 4.69) is 12.2 Å². The van der Waals surface area contributed by atoms with Crippen LogP contribution >= 0.6 is 0 Å². The summed E-state index contributed by atoms with van der Waals surface area (Å²) in [6, 6.07) is 12.6. The second-order valence-corrected chi connectivity index (χ2v) is 6.29. The van der Waals surface area contributed by atoms with Gasteiger partial charge in [0.05, 0.1) is 13.7 Å². The van der Waals surface area contributed by atoms with Gasteiger partial charge in [-0.1, -0.05) is 49.2 Å². The summed E-state index contributed by atoms with van der Waals surface area (Å²) in [5.74, 6) is 1.17. The quantitative estimate of drug-likeness (QED) is 0.675. The fourth-order valence-electron chi connectivity index (χ4n) is 2.49. The Morgan fingerprint density at radius 2 is 1.88 bits per heavy atom. The van der Waals surface area contributed by atoms with E-state index >= 15 is 0 Å². The molecule has 0 fully saturated rings. The van der Waals surface area contributed by atoms with Crippen LogP contribution in [0.1, 0.15) is 42.5 Å². The molecular formula is C21H28N2O3. The third-order valence-corrected chi connectivity index (χ3v) is 4.17. The van der Waals surface area contributed by atoms with Gasteiger partial charge in [0.1, 0.15) is 6.04 Å². The Labute approximate surface area is 155 Å². The molecular weight excluding hydrogens is 328 g/mol. The van der Waals surface area contributed by atoms with Crippen LogP contribution in [0.15, 0.2) is 42.5 Å². The van der Waals surface area contributed by atoms with E-state index < -0.39 is 6.04 Å². The third-order valence-electron chi connectivity index (χ3n) is 4.17. The average molecular weight is 356 g/mol. The van der Waals surface area contributed by atoms with Gasteiger partial charge < -0.3 is 20.5 Å². The zero-order chi connectivity index (χ0) is 18.9. The van der Waals surface area contributed by atoms with Crippen LogP contribution in [-0.4, -0.2) is 19.6 Å². The van der Waals surface area contributed by atoms with E-state index in [1.165, 1.54) is 0 Å². The Kier molecular flexibility index (Phi) is 7.48. The van der Waals surface area contributed by atoms with Crippen LogP contribution in [0.25, 0.3) is 0 Å². The molecule has 0 bridgehead atoms. The molecule has 0 spiro atoms. The van der Waals surface area contributed by atoms with E-state index in [0.717, 1.165) is 29.5 Å². The van der Waals surface area contributed by atoms with Gasteiger partial charge in [-0.2, -0.15) is 0 Å². The van der Waals surface area contributed by atoms with Crippen molar-refractivity contribution in [2.24, 2.45) is 5.73 Å². The zero-order valence-electron chi connectivity index (χ0n) is 15.7. The molecule has 2 aromatic rings. The highest BCUT2D eigenvalue weighted by atomic mass is 16.5. The number of nitrogens with one attached hydrogen (secondary N) is 1. The Morgan fingerprint density at radius 3 is 2.54 bits per heavy atom. The summed E-state index contributed by atoms with van der Waals surface area (Å²) in [4.78, 5) is 12.3. The third kappa shape index (κ3) is 5.49. The van der Waals surface area contributed by atoms with Crippen molar-refractivity contribution < 1.29 is 14.3 Å². The van der Waals surface area contributed by atoms with Crippen LogP contribution in [0, 0.1) is 6.92 Å². The first kappa shape index (κ1) is 19.8. The van der Waals surface area contributed by atoms with Gasteiger partial charge in [-0.25, -0.2) is 0 Å². The van der Waals surface area contributed by atoms with Crippen LogP contribution < -0.4 is 20.5 Å². The molecule has 1 unspecified atom stereocenters. The highest BCUT2D eigenvalue weighted by Crippen LogP contribution is 2.28. The molecule has 0 heterocycles. The van der Waals surface area contributed by atoms with Crippen molar-refractivity contribution >= 4 is 5.91 Å². The summed E-state index contributed by atoms with van der Waals surface area (Å²) in [7, 11) is 1.61. The molecule has 140 valence electrons. The van der Waals surface area contributed by atoms with Crippen molar-refractivity contribution in [1.82, 2.24) is 5.32 Å². The predicted molar refractivity (Wildman–Crippen MR) is 103 cm³/mol. The first-order valence-corrected chi connectivity index (χ1v) is 8.94. The average Bonchev–Trinajstić information content (AvgIpc) is 2.66. The fraction of sp³-hybridized carbons (Fsp3) is 0.381. The first-order chi connectivity index (χ1) is 12.5. The van der Waals surface area contributed by atoms with E-state index in [0.29, 0.717) is 24.7 Å². The standard InChI is InChI=1S/C21H28N2O3/c1-4-5-12-26-18-11-8-16(13-19(18)25-3)14-23-21(24)20(22)17-9-6-15(2)7-10-17/h6-11,13,20H,4-5,12,14,22H2,1-3H3,(H,23,24). The highest BCUT2D eigenvalue weighted by Gasteiger charge is 2.15. The molecule has 5 nitrogen and oxygen atoms in total. The Bertz CT molecular complexity index is 714. The molecule has 1 amide bonds. The Hall–Kier alpha value is -2.53. The summed E-state index contributed by atoms with van der Waals surface area (Å²) in [6.45, 7) is 5.16. The second-order valence-electron chi connectivity index (χ2n) is 6.29. The molecule has 1 atom stereocenters. The maximum Gasteiger partial charge on any atom is 0.241 e. The smallest absolute Gasteiger partial charge is 0.241 e. The molecule has 0 aliphatic carbocycles. The summed E-state index contributed by atoms with van der Waals surface area (Å²) in [5.41, 5.74) is 8.90. The topological polar surface area (TPSA) is 73.6 Å². The number of methoxy groups -OCH3 is 1. The van der Waals surface area contributed by atoms with Crippen molar-refractivity contribution in [2.75, 3.05) is 13.7 Å². The van der Waals surface area contributed by atoms with Gasteiger partial charge in [0.2, 0.25) is 5.91 Å². The lowest BCUT2D eigenvalue weighted by Gasteiger charge is -2.15. The molecule has 2 rings (SSSR count). The SMILES string of the molecule is CCCCOc1ccc(CNC(=O)C(N)c2ccc(C)cc2)cc1OC. The van der Waals surface area contributed by atoms with Gasteiger partial charge in [-0.3, -0.25) is 4.79 Å². The van der Waals surface area contributed by atoms with Crippen molar-refractivity contribution in [1.29, 1.82) is 0 Å². The number of unbranched alkanes of at least 4 members (excludes halogenated alkanes) is 1. The van der Waals surface area contributed by atoms with Gasteiger partial charge in [-0.05, 0) is 36.6 Å². The summed E-state index contributed by atoms with van der Waals surface area (Å²) in [5, 5.41) is 2.87. The number of carbonyl (C=O) groups is 1. The van der Waals surface area contributed by atoms with Crippen LogP contribution in [0.5, 0.6) is 11.5 Å². The lowest BCUT2D eigenvalue weighted by Crippen LogP contribution is -2.33. The van der Waals surface area contributed by atoms with E-state index in [1.54, 1.807) is 7.11 Å². The van der Waals surface area contributed by atoms with Gasteiger partial charge in [0, 0.05) is 6.54 Å². The van der Waals surface area contributed by atoms with E-state index in [1.807, 2.05) is 49.4 Å². The number of nitrogens with two attached hydrogens (primary N) is 1. The lowest BCUT2D eigenvalue weighted by molar-refractivity contribution is -0.122. The summed E-state index contributed by atoms with van der Waals surface area (Å²) < 4.78 is 11.1. The van der Waals surface area contributed by atoms with Crippen LogP contribution in [0.3, 0.4) is 0 Å². The molecule has 5 heteroatoms.